The molecule has 1 heterocycles. The van der Waals surface area contributed by atoms with E-state index in [4.69, 9.17) is 4.98 Å². The minimum absolute atomic E-state index is 0.189. The van der Waals surface area contributed by atoms with Gasteiger partial charge in [-0.25, -0.2) is 4.98 Å². The smallest absolute Gasteiger partial charge is 0.103 e. The molecular formula is C13H21NOS2. The Balaban J connectivity index is 2.10. The van der Waals surface area contributed by atoms with Gasteiger partial charge in [-0.15, -0.1) is 11.3 Å². The molecular weight excluding hydrogens is 250 g/mol. The Morgan fingerprint density at radius 3 is 3.00 bits per heavy atom. The molecule has 0 amide bonds. The summed E-state index contributed by atoms with van der Waals surface area (Å²) in [7, 11) is 0. The number of nitrogens with zero attached hydrogens (tertiary/aromatic N) is 1. The summed E-state index contributed by atoms with van der Waals surface area (Å²) in [6, 6.07) is 0. The summed E-state index contributed by atoms with van der Waals surface area (Å²) in [6.45, 7) is 6.63. The third-order valence-electron chi connectivity index (χ3n) is 3.04. The van der Waals surface area contributed by atoms with Gasteiger partial charge >= 0.3 is 0 Å². The fourth-order valence-electron chi connectivity index (χ4n) is 2.31. The molecule has 0 aliphatic heterocycles. The van der Waals surface area contributed by atoms with Gasteiger partial charge < -0.3 is 5.11 Å². The molecule has 2 rings (SSSR count). The molecule has 0 radical (unpaired) electrons. The molecule has 1 atom stereocenters. The van der Waals surface area contributed by atoms with Gasteiger partial charge in [-0.2, -0.15) is 11.8 Å². The van der Waals surface area contributed by atoms with E-state index in [-0.39, 0.29) is 11.5 Å². The standard InChI is InChI=1S/C13H21NOS2/c1-4-5-16-8-11-14-9-6-13(2,3)7-10(15)12(9)17-11/h10,15H,4-8H2,1-3H3. The van der Waals surface area contributed by atoms with E-state index in [9.17, 15) is 5.11 Å². The minimum Gasteiger partial charge on any atom is -0.387 e. The number of thioether (sulfide) groups is 1. The van der Waals surface area contributed by atoms with Crippen LogP contribution in [0.2, 0.25) is 0 Å². The summed E-state index contributed by atoms with van der Waals surface area (Å²) >= 11 is 3.65. The second-order valence-corrected chi connectivity index (χ2v) is 7.75. The van der Waals surface area contributed by atoms with Gasteiger partial charge in [0.05, 0.1) is 16.7 Å². The quantitative estimate of drug-likeness (QED) is 0.846. The van der Waals surface area contributed by atoms with Crippen molar-refractivity contribution in [3.8, 4) is 0 Å². The monoisotopic (exact) mass is 271 g/mol. The van der Waals surface area contributed by atoms with E-state index in [1.807, 2.05) is 11.8 Å². The molecule has 0 bridgehead atoms. The maximum atomic E-state index is 10.1. The average molecular weight is 271 g/mol. The molecule has 0 aromatic carbocycles. The predicted molar refractivity (Wildman–Crippen MR) is 75.6 cm³/mol. The Morgan fingerprint density at radius 1 is 1.53 bits per heavy atom. The first-order valence-electron chi connectivity index (χ1n) is 6.26. The van der Waals surface area contributed by atoms with Crippen LogP contribution in [0.4, 0.5) is 0 Å². The van der Waals surface area contributed by atoms with E-state index >= 15 is 0 Å². The van der Waals surface area contributed by atoms with Crippen molar-refractivity contribution >= 4 is 23.1 Å². The molecule has 4 heteroatoms. The molecule has 1 aliphatic carbocycles. The van der Waals surface area contributed by atoms with Crippen molar-refractivity contribution in [2.45, 2.75) is 51.9 Å². The molecule has 0 saturated heterocycles. The topological polar surface area (TPSA) is 33.1 Å². The Morgan fingerprint density at radius 2 is 2.29 bits per heavy atom. The Hall–Kier alpha value is -0.0600. The number of aliphatic hydroxyl groups excluding tert-OH is 1. The van der Waals surface area contributed by atoms with E-state index in [0.717, 1.165) is 29.2 Å². The number of rotatable bonds is 4. The van der Waals surface area contributed by atoms with Crippen LogP contribution in [0.15, 0.2) is 0 Å². The van der Waals surface area contributed by atoms with Crippen molar-refractivity contribution in [2.75, 3.05) is 5.75 Å². The highest BCUT2D eigenvalue weighted by Gasteiger charge is 2.33. The summed E-state index contributed by atoms with van der Waals surface area (Å²) < 4.78 is 0. The lowest BCUT2D eigenvalue weighted by atomic mass is 9.77. The molecule has 0 spiro atoms. The third-order valence-corrected chi connectivity index (χ3v) is 5.60. The molecule has 96 valence electrons. The molecule has 2 nitrogen and oxygen atoms in total. The largest absolute Gasteiger partial charge is 0.387 e. The van der Waals surface area contributed by atoms with Crippen molar-refractivity contribution in [3.63, 3.8) is 0 Å². The van der Waals surface area contributed by atoms with Crippen molar-refractivity contribution in [1.29, 1.82) is 0 Å². The van der Waals surface area contributed by atoms with Crippen molar-refractivity contribution in [2.24, 2.45) is 5.41 Å². The van der Waals surface area contributed by atoms with Gasteiger partial charge in [-0.3, -0.25) is 0 Å². The Kier molecular flexibility index (Phi) is 4.16. The number of aromatic nitrogens is 1. The van der Waals surface area contributed by atoms with Gasteiger partial charge in [0.1, 0.15) is 5.01 Å². The molecule has 1 N–H and O–H groups in total. The van der Waals surface area contributed by atoms with Crippen LogP contribution >= 0.6 is 23.1 Å². The van der Waals surface area contributed by atoms with Crippen LogP contribution in [0.1, 0.15) is 55.3 Å². The first kappa shape index (κ1) is 13.4. The number of hydrogen-bond donors (Lipinski definition) is 1. The fraction of sp³-hybridized carbons (Fsp3) is 0.769. The maximum absolute atomic E-state index is 10.1. The second kappa shape index (κ2) is 5.29. The van der Waals surface area contributed by atoms with E-state index in [2.05, 4.69) is 20.8 Å². The van der Waals surface area contributed by atoms with Gasteiger partial charge in [0.25, 0.3) is 0 Å². The minimum atomic E-state index is -0.295. The van der Waals surface area contributed by atoms with Crippen molar-refractivity contribution in [3.05, 3.63) is 15.6 Å². The zero-order valence-electron chi connectivity index (χ0n) is 10.8. The van der Waals surface area contributed by atoms with Crippen LogP contribution in [0.3, 0.4) is 0 Å². The highest BCUT2D eigenvalue weighted by molar-refractivity contribution is 7.98. The van der Waals surface area contributed by atoms with Crippen LogP contribution in [0.5, 0.6) is 0 Å². The van der Waals surface area contributed by atoms with Crippen LogP contribution in [0.25, 0.3) is 0 Å². The van der Waals surface area contributed by atoms with Crippen LogP contribution in [-0.4, -0.2) is 15.8 Å². The zero-order valence-corrected chi connectivity index (χ0v) is 12.5. The van der Waals surface area contributed by atoms with Gasteiger partial charge in [-0.05, 0) is 30.4 Å². The molecule has 17 heavy (non-hydrogen) atoms. The molecule has 1 aromatic heterocycles. The first-order chi connectivity index (χ1) is 8.02. The van der Waals surface area contributed by atoms with Crippen LogP contribution in [0, 0.1) is 5.41 Å². The number of thiazole rings is 1. The number of hydrogen-bond acceptors (Lipinski definition) is 4. The summed E-state index contributed by atoms with van der Waals surface area (Å²) in [6.07, 6.45) is 2.79. The van der Waals surface area contributed by atoms with Crippen LogP contribution < -0.4 is 0 Å². The number of fused-ring (bicyclic) bond motifs is 1. The van der Waals surface area contributed by atoms with Crippen molar-refractivity contribution < 1.29 is 5.11 Å². The molecule has 1 aromatic rings. The normalized spacial score (nSPS) is 22.5. The Bertz CT molecular complexity index is 387. The number of aliphatic hydroxyl groups is 1. The fourth-order valence-corrected chi connectivity index (χ4v) is 4.33. The van der Waals surface area contributed by atoms with E-state index < -0.39 is 0 Å². The lowest BCUT2D eigenvalue weighted by Gasteiger charge is -2.31. The van der Waals surface area contributed by atoms with Gasteiger partial charge in [0, 0.05) is 5.75 Å². The summed E-state index contributed by atoms with van der Waals surface area (Å²) in [5, 5.41) is 11.3. The molecule has 0 fully saturated rings. The average Bonchev–Trinajstić information content (AvgIpc) is 2.59. The van der Waals surface area contributed by atoms with Crippen LogP contribution in [-0.2, 0) is 12.2 Å². The second-order valence-electron chi connectivity index (χ2n) is 5.53. The lowest BCUT2D eigenvalue weighted by Crippen LogP contribution is -2.24. The predicted octanol–water partition coefficient (Wildman–Crippen LogP) is 3.79. The Labute approximate surface area is 112 Å². The van der Waals surface area contributed by atoms with Gasteiger partial charge in [-0.1, -0.05) is 20.8 Å². The molecule has 1 aliphatic rings. The maximum Gasteiger partial charge on any atom is 0.103 e. The highest BCUT2D eigenvalue weighted by atomic mass is 32.2. The highest BCUT2D eigenvalue weighted by Crippen LogP contribution is 2.43. The van der Waals surface area contributed by atoms with E-state index in [0.29, 0.717) is 0 Å². The lowest BCUT2D eigenvalue weighted by molar-refractivity contribution is 0.102. The summed E-state index contributed by atoms with van der Waals surface area (Å²) in [5.74, 6) is 2.19. The molecule has 1 unspecified atom stereocenters. The molecule has 0 saturated carbocycles. The first-order valence-corrected chi connectivity index (χ1v) is 8.23. The third kappa shape index (κ3) is 3.24. The summed E-state index contributed by atoms with van der Waals surface area (Å²) in [4.78, 5) is 5.83. The van der Waals surface area contributed by atoms with Crippen molar-refractivity contribution in [1.82, 2.24) is 4.98 Å². The summed E-state index contributed by atoms with van der Waals surface area (Å²) in [5.41, 5.74) is 1.33. The van der Waals surface area contributed by atoms with E-state index in [1.54, 1.807) is 11.3 Å². The van der Waals surface area contributed by atoms with E-state index in [1.165, 1.54) is 17.2 Å². The zero-order chi connectivity index (χ0) is 12.5. The van der Waals surface area contributed by atoms with Gasteiger partial charge in [0.2, 0.25) is 0 Å². The van der Waals surface area contributed by atoms with Gasteiger partial charge in [0.15, 0.2) is 0 Å². The SMILES string of the molecule is CCCSCc1nc2c(s1)C(O)CC(C)(C)C2.